The second-order valence-corrected chi connectivity index (χ2v) is 9.50. The summed E-state index contributed by atoms with van der Waals surface area (Å²) in [6, 6.07) is 15.8. The first-order valence-electron chi connectivity index (χ1n) is 11.9. The Morgan fingerprint density at radius 1 is 1.06 bits per heavy atom. The number of benzene rings is 2. The number of carbonyl (C=O) groups excluding carboxylic acids is 3. The number of fused-ring (bicyclic) bond motifs is 6. The largest absolute Gasteiger partial charge is 0.497 e. The Labute approximate surface area is 202 Å². The van der Waals surface area contributed by atoms with Crippen LogP contribution in [0.4, 0.5) is 5.69 Å². The lowest BCUT2D eigenvalue weighted by Gasteiger charge is -2.28. The van der Waals surface area contributed by atoms with Crippen molar-refractivity contribution >= 4 is 34.3 Å². The highest BCUT2D eigenvalue weighted by atomic mass is 16.5. The summed E-state index contributed by atoms with van der Waals surface area (Å²) in [6.45, 7) is 0. The van der Waals surface area contributed by atoms with Gasteiger partial charge < -0.3 is 10.1 Å². The minimum absolute atomic E-state index is 0.0307. The van der Waals surface area contributed by atoms with Crippen LogP contribution in [0.25, 0.3) is 10.9 Å². The van der Waals surface area contributed by atoms with Crippen LogP contribution in [-0.2, 0) is 14.4 Å². The van der Waals surface area contributed by atoms with Gasteiger partial charge in [0.25, 0.3) is 0 Å². The Bertz CT molecular complexity index is 1340. The number of allylic oxidation sites excluding steroid dienone is 2. The number of rotatable bonds is 6. The van der Waals surface area contributed by atoms with Crippen molar-refractivity contribution in [1.29, 1.82) is 0 Å². The molecule has 3 aliphatic rings. The van der Waals surface area contributed by atoms with Crippen LogP contribution >= 0.6 is 0 Å². The van der Waals surface area contributed by atoms with Crippen molar-refractivity contribution in [3.63, 3.8) is 0 Å². The van der Waals surface area contributed by atoms with Gasteiger partial charge in [0.05, 0.1) is 36.9 Å². The highest BCUT2D eigenvalue weighted by molar-refractivity contribution is 6.07. The monoisotopic (exact) mass is 467 g/mol. The number of nitrogens with one attached hydrogen (secondary N) is 1. The van der Waals surface area contributed by atoms with Gasteiger partial charge in [0, 0.05) is 17.3 Å². The zero-order valence-corrected chi connectivity index (χ0v) is 19.3. The predicted molar refractivity (Wildman–Crippen MR) is 130 cm³/mol. The van der Waals surface area contributed by atoms with Crippen LogP contribution in [0, 0.1) is 23.7 Å². The molecule has 1 N–H and O–H groups in total. The maximum Gasteiger partial charge on any atom is 0.234 e. The van der Waals surface area contributed by atoms with Gasteiger partial charge >= 0.3 is 0 Å². The van der Waals surface area contributed by atoms with Gasteiger partial charge in [-0.2, -0.15) is 0 Å². The maximum absolute atomic E-state index is 13.5. The number of likely N-dealkylation sites (tertiary alicyclic amines) is 1. The smallest absolute Gasteiger partial charge is 0.234 e. The standard InChI is InChI=1S/C28H25N3O4/c1-35-21-9-6-16(7-10-21)23(31-27(33)25-18-4-5-19(13-18)26(25)28(31)34)15-24(32)30-20-8-11-22-17(14-20)3-2-12-29-22/h2-12,14,18-19,23,25-26H,13,15H2,1H3,(H,30,32). The highest BCUT2D eigenvalue weighted by Gasteiger charge is 2.60. The van der Waals surface area contributed by atoms with E-state index in [1.807, 2.05) is 36.4 Å². The fraction of sp³-hybridized carbons (Fsp3) is 0.286. The topological polar surface area (TPSA) is 88.6 Å². The molecule has 2 bridgehead atoms. The van der Waals surface area contributed by atoms with Crippen molar-refractivity contribution in [3.8, 4) is 5.75 Å². The third-order valence-corrected chi connectivity index (χ3v) is 7.58. The molecule has 7 nitrogen and oxygen atoms in total. The van der Waals surface area contributed by atoms with E-state index in [-0.39, 0.29) is 47.8 Å². The molecule has 7 heteroatoms. The molecule has 6 rings (SSSR count). The van der Waals surface area contributed by atoms with Gasteiger partial charge in [0.2, 0.25) is 17.7 Å². The summed E-state index contributed by atoms with van der Waals surface area (Å²) in [7, 11) is 1.58. The van der Waals surface area contributed by atoms with Crippen molar-refractivity contribution < 1.29 is 19.1 Å². The minimum atomic E-state index is -0.687. The van der Waals surface area contributed by atoms with Crippen LogP contribution in [0.1, 0.15) is 24.4 Å². The second kappa shape index (κ2) is 8.34. The van der Waals surface area contributed by atoms with Crippen LogP contribution in [0.5, 0.6) is 5.75 Å². The average Bonchev–Trinajstić information content (AvgIpc) is 3.56. The first kappa shape index (κ1) is 21.5. The van der Waals surface area contributed by atoms with Gasteiger partial charge in [-0.1, -0.05) is 30.4 Å². The van der Waals surface area contributed by atoms with E-state index in [1.54, 1.807) is 31.5 Å². The summed E-state index contributed by atoms with van der Waals surface area (Å²) in [5.74, 6) is -0.327. The molecule has 1 saturated carbocycles. The van der Waals surface area contributed by atoms with E-state index in [0.29, 0.717) is 11.4 Å². The molecule has 3 aromatic rings. The lowest BCUT2D eigenvalue weighted by Crippen LogP contribution is -2.38. The number of anilines is 1. The first-order valence-corrected chi connectivity index (χ1v) is 11.9. The third-order valence-electron chi connectivity index (χ3n) is 7.58. The van der Waals surface area contributed by atoms with E-state index in [9.17, 15) is 14.4 Å². The number of nitrogens with zero attached hydrogens (tertiary/aromatic N) is 2. The molecule has 1 aliphatic heterocycles. The average molecular weight is 468 g/mol. The number of imide groups is 1. The number of aromatic nitrogens is 1. The van der Waals surface area contributed by atoms with E-state index < -0.39 is 6.04 Å². The second-order valence-electron chi connectivity index (χ2n) is 9.50. The summed E-state index contributed by atoms with van der Waals surface area (Å²) in [5.41, 5.74) is 2.21. The molecular weight excluding hydrogens is 442 g/mol. The molecule has 0 radical (unpaired) electrons. The number of pyridine rings is 1. The van der Waals surface area contributed by atoms with E-state index in [0.717, 1.165) is 22.9 Å². The van der Waals surface area contributed by atoms with E-state index in [4.69, 9.17) is 4.74 Å². The maximum atomic E-state index is 13.5. The molecule has 2 aromatic carbocycles. The first-order chi connectivity index (χ1) is 17.0. The van der Waals surface area contributed by atoms with Gasteiger partial charge in [-0.3, -0.25) is 24.3 Å². The summed E-state index contributed by atoms with van der Waals surface area (Å²) >= 11 is 0. The van der Waals surface area contributed by atoms with Crippen LogP contribution < -0.4 is 10.1 Å². The summed E-state index contributed by atoms with van der Waals surface area (Å²) in [5, 5.41) is 3.85. The summed E-state index contributed by atoms with van der Waals surface area (Å²) in [6.07, 6.45) is 6.71. The van der Waals surface area contributed by atoms with E-state index in [1.165, 1.54) is 4.90 Å². The fourth-order valence-corrected chi connectivity index (χ4v) is 5.96. The molecule has 5 unspecified atom stereocenters. The lowest BCUT2D eigenvalue weighted by molar-refractivity contribution is -0.144. The van der Waals surface area contributed by atoms with E-state index >= 15 is 0 Å². The van der Waals surface area contributed by atoms with Crippen molar-refractivity contribution in [2.45, 2.75) is 18.9 Å². The Hall–Kier alpha value is -4.00. The zero-order valence-electron chi connectivity index (χ0n) is 19.3. The molecule has 1 aromatic heterocycles. The lowest BCUT2D eigenvalue weighted by atomic mass is 9.85. The number of ether oxygens (including phenoxy) is 1. The normalized spacial score (nSPS) is 25.2. The van der Waals surface area contributed by atoms with Gasteiger partial charge in [0.1, 0.15) is 5.75 Å². The number of hydrogen-bond donors (Lipinski definition) is 1. The molecular formula is C28H25N3O4. The molecule has 35 heavy (non-hydrogen) atoms. The summed E-state index contributed by atoms with van der Waals surface area (Å²) in [4.78, 5) is 45.9. The van der Waals surface area contributed by atoms with Crippen LogP contribution in [0.2, 0.25) is 0 Å². The van der Waals surface area contributed by atoms with Crippen LogP contribution in [-0.4, -0.2) is 34.7 Å². The molecule has 1 saturated heterocycles. The Morgan fingerprint density at radius 3 is 2.46 bits per heavy atom. The number of methoxy groups -OCH3 is 1. The van der Waals surface area contributed by atoms with E-state index in [2.05, 4.69) is 22.5 Å². The SMILES string of the molecule is COc1ccc(C(CC(=O)Nc2ccc3ncccc3c2)N2C(=O)C3C4C=CC(C4)C3C2=O)cc1. The molecule has 2 heterocycles. The Kier molecular flexibility index (Phi) is 5.13. The summed E-state index contributed by atoms with van der Waals surface area (Å²) < 4.78 is 5.27. The molecule has 176 valence electrons. The van der Waals surface area contributed by atoms with Crippen molar-refractivity contribution in [3.05, 3.63) is 78.5 Å². The number of hydrogen-bond acceptors (Lipinski definition) is 5. The zero-order chi connectivity index (χ0) is 24.1. The molecule has 2 aliphatic carbocycles. The Balaban J connectivity index is 1.29. The molecule has 5 atom stereocenters. The quantitative estimate of drug-likeness (QED) is 0.435. The van der Waals surface area contributed by atoms with Gasteiger partial charge in [-0.15, -0.1) is 0 Å². The van der Waals surface area contributed by atoms with Crippen molar-refractivity contribution in [1.82, 2.24) is 9.88 Å². The Morgan fingerprint density at radius 2 is 1.77 bits per heavy atom. The van der Waals surface area contributed by atoms with Gasteiger partial charge in [-0.05, 0) is 60.2 Å². The van der Waals surface area contributed by atoms with Crippen molar-refractivity contribution in [2.75, 3.05) is 12.4 Å². The van der Waals surface area contributed by atoms with Crippen molar-refractivity contribution in [2.24, 2.45) is 23.7 Å². The van der Waals surface area contributed by atoms with Gasteiger partial charge in [-0.25, -0.2) is 0 Å². The van der Waals surface area contributed by atoms with Gasteiger partial charge in [0.15, 0.2) is 0 Å². The molecule has 2 fully saturated rings. The minimum Gasteiger partial charge on any atom is -0.497 e. The molecule has 0 spiro atoms. The number of carbonyl (C=O) groups is 3. The third kappa shape index (κ3) is 3.58. The van der Waals surface area contributed by atoms with Crippen LogP contribution in [0.3, 0.4) is 0 Å². The number of amides is 3. The predicted octanol–water partition coefficient (Wildman–Crippen LogP) is 4.12. The van der Waals surface area contributed by atoms with Crippen LogP contribution in [0.15, 0.2) is 72.9 Å². The molecule has 3 amide bonds. The highest BCUT2D eigenvalue weighted by Crippen LogP contribution is 2.54. The fourth-order valence-electron chi connectivity index (χ4n) is 5.96.